The minimum atomic E-state index is 0.742. The Morgan fingerprint density at radius 3 is 2.47 bits per heavy atom. The van der Waals surface area contributed by atoms with Crippen molar-refractivity contribution in [2.75, 3.05) is 11.9 Å². The van der Waals surface area contributed by atoms with Gasteiger partial charge in [-0.1, -0.05) is 6.92 Å². The summed E-state index contributed by atoms with van der Waals surface area (Å²) < 4.78 is 0. The predicted octanol–water partition coefficient (Wildman–Crippen LogP) is 2.77. The molecule has 0 aliphatic rings. The van der Waals surface area contributed by atoms with Gasteiger partial charge in [0.2, 0.25) is 0 Å². The molecule has 4 nitrogen and oxygen atoms in total. The minimum Gasteiger partial charge on any atom is -0.370 e. The van der Waals surface area contributed by atoms with Crippen LogP contribution in [0.2, 0.25) is 0 Å². The van der Waals surface area contributed by atoms with Crippen LogP contribution in [0.25, 0.3) is 0 Å². The molecule has 19 heavy (non-hydrogen) atoms. The van der Waals surface area contributed by atoms with Gasteiger partial charge in [-0.3, -0.25) is 4.98 Å². The molecule has 0 aliphatic carbocycles. The molecule has 2 heterocycles. The van der Waals surface area contributed by atoms with E-state index in [1.807, 2.05) is 12.1 Å². The number of pyridine rings is 1. The van der Waals surface area contributed by atoms with E-state index in [1.54, 1.807) is 12.4 Å². The highest BCUT2D eigenvalue weighted by molar-refractivity contribution is 5.46. The summed E-state index contributed by atoms with van der Waals surface area (Å²) in [5.74, 6) is 1.83. The summed E-state index contributed by atoms with van der Waals surface area (Å²) in [7, 11) is 0. The summed E-state index contributed by atoms with van der Waals surface area (Å²) in [5.41, 5.74) is 3.46. The van der Waals surface area contributed by atoms with Crippen LogP contribution in [-0.4, -0.2) is 21.5 Å². The lowest BCUT2D eigenvalue weighted by Gasteiger charge is -2.12. The van der Waals surface area contributed by atoms with E-state index in [4.69, 9.17) is 0 Å². The van der Waals surface area contributed by atoms with E-state index in [2.05, 4.69) is 41.0 Å². The number of aromatic nitrogens is 3. The molecule has 0 radical (unpaired) electrons. The van der Waals surface area contributed by atoms with E-state index in [0.29, 0.717) is 0 Å². The van der Waals surface area contributed by atoms with E-state index in [0.717, 1.165) is 36.7 Å². The quantitative estimate of drug-likeness (QED) is 0.893. The molecule has 0 atom stereocenters. The fourth-order valence-electron chi connectivity index (χ4n) is 2.15. The average molecular weight is 256 g/mol. The zero-order valence-corrected chi connectivity index (χ0v) is 11.8. The molecule has 0 saturated heterocycles. The normalized spacial score (nSPS) is 10.5. The molecular weight excluding hydrogens is 236 g/mol. The second kappa shape index (κ2) is 6.27. The molecule has 0 unspecified atom stereocenters. The molecule has 0 aromatic carbocycles. The van der Waals surface area contributed by atoms with Crippen LogP contribution in [0.5, 0.6) is 0 Å². The maximum atomic E-state index is 4.65. The summed E-state index contributed by atoms with van der Waals surface area (Å²) in [6.45, 7) is 7.14. The number of hydrogen-bond donors (Lipinski definition) is 1. The number of nitrogens with one attached hydrogen (secondary N) is 1. The molecule has 2 rings (SSSR count). The van der Waals surface area contributed by atoms with Crippen molar-refractivity contribution in [1.29, 1.82) is 0 Å². The standard InChI is InChI=1S/C15H20N4/c1-4-13-11(3)18-14(19-15(13)17-5-2)10-12-6-8-16-9-7-12/h6-9H,4-5,10H2,1-3H3,(H,17,18,19). The first kappa shape index (κ1) is 13.5. The Kier molecular flexibility index (Phi) is 4.44. The smallest absolute Gasteiger partial charge is 0.135 e. The number of aryl methyl sites for hydroxylation is 1. The highest BCUT2D eigenvalue weighted by Gasteiger charge is 2.10. The first-order valence-electron chi connectivity index (χ1n) is 6.73. The zero-order chi connectivity index (χ0) is 13.7. The van der Waals surface area contributed by atoms with Gasteiger partial charge in [0.1, 0.15) is 11.6 Å². The first-order chi connectivity index (χ1) is 9.24. The highest BCUT2D eigenvalue weighted by Crippen LogP contribution is 2.18. The molecule has 1 N–H and O–H groups in total. The Bertz CT molecular complexity index is 537. The lowest BCUT2D eigenvalue weighted by molar-refractivity contribution is 0.900. The second-order valence-electron chi connectivity index (χ2n) is 4.47. The third-order valence-electron chi connectivity index (χ3n) is 3.07. The van der Waals surface area contributed by atoms with Crippen LogP contribution < -0.4 is 5.32 Å². The van der Waals surface area contributed by atoms with Gasteiger partial charge < -0.3 is 5.32 Å². The van der Waals surface area contributed by atoms with E-state index < -0.39 is 0 Å². The molecule has 2 aromatic heterocycles. The Hall–Kier alpha value is -1.97. The van der Waals surface area contributed by atoms with Crippen LogP contribution in [0.3, 0.4) is 0 Å². The molecule has 0 fully saturated rings. The van der Waals surface area contributed by atoms with E-state index >= 15 is 0 Å². The third kappa shape index (κ3) is 3.28. The Morgan fingerprint density at radius 2 is 1.84 bits per heavy atom. The summed E-state index contributed by atoms with van der Waals surface area (Å²) in [4.78, 5) is 13.3. The molecule has 0 amide bonds. The van der Waals surface area contributed by atoms with Gasteiger partial charge in [-0.15, -0.1) is 0 Å². The minimum absolute atomic E-state index is 0.742. The largest absolute Gasteiger partial charge is 0.370 e. The molecule has 0 bridgehead atoms. The predicted molar refractivity (Wildman–Crippen MR) is 77.4 cm³/mol. The topological polar surface area (TPSA) is 50.7 Å². The van der Waals surface area contributed by atoms with Crippen LogP contribution in [0, 0.1) is 6.92 Å². The second-order valence-corrected chi connectivity index (χ2v) is 4.47. The summed E-state index contributed by atoms with van der Waals surface area (Å²) in [6, 6.07) is 4.00. The van der Waals surface area contributed by atoms with Crippen molar-refractivity contribution < 1.29 is 0 Å². The van der Waals surface area contributed by atoms with Gasteiger partial charge in [-0.2, -0.15) is 0 Å². The molecular formula is C15H20N4. The monoisotopic (exact) mass is 256 g/mol. The van der Waals surface area contributed by atoms with Crippen LogP contribution >= 0.6 is 0 Å². The van der Waals surface area contributed by atoms with Gasteiger partial charge in [0, 0.05) is 36.6 Å². The Labute approximate surface area is 114 Å². The zero-order valence-electron chi connectivity index (χ0n) is 11.8. The lowest BCUT2D eigenvalue weighted by Crippen LogP contribution is -2.10. The Balaban J connectivity index is 2.31. The molecule has 0 spiro atoms. The lowest BCUT2D eigenvalue weighted by atomic mass is 10.1. The maximum Gasteiger partial charge on any atom is 0.135 e. The van der Waals surface area contributed by atoms with Gasteiger partial charge in [0.15, 0.2) is 0 Å². The van der Waals surface area contributed by atoms with Crippen molar-refractivity contribution in [3.8, 4) is 0 Å². The van der Waals surface area contributed by atoms with Crippen molar-refractivity contribution in [2.24, 2.45) is 0 Å². The van der Waals surface area contributed by atoms with Gasteiger partial charge in [-0.25, -0.2) is 9.97 Å². The summed E-state index contributed by atoms with van der Waals surface area (Å²) >= 11 is 0. The van der Waals surface area contributed by atoms with Crippen molar-refractivity contribution >= 4 is 5.82 Å². The average Bonchev–Trinajstić information content (AvgIpc) is 2.40. The van der Waals surface area contributed by atoms with Crippen molar-refractivity contribution in [3.05, 3.63) is 47.2 Å². The van der Waals surface area contributed by atoms with E-state index in [1.165, 1.54) is 11.1 Å². The Morgan fingerprint density at radius 1 is 1.11 bits per heavy atom. The van der Waals surface area contributed by atoms with E-state index in [-0.39, 0.29) is 0 Å². The molecule has 100 valence electrons. The van der Waals surface area contributed by atoms with Gasteiger partial charge in [0.05, 0.1) is 0 Å². The molecule has 0 saturated carbocycles. The van der Waals surface area contributed by atoms with Gasteiger partial charge in [0.25, 0.3) is 0 Å². The fraction of sp³-hybridized carbons (Fsp3) is 0.400. The maximum absolute atomic E-state index is 4.65. The van der Waals surface area contributed by atoms with Crippen molar-refractivity contribution in [1.82, 2.24) is 15.0 Å². The fourth-order valence-corrected chi connectivity index (χ4v) is 2.15. The van der Waals surface area contributed by atoms with E-state index in [9.17, 15) is 0 Å². The molecule has 0 aliphatic heterocycles. The van der Waals surface area contributed by atoms with Gasteiger partial charge >= 0.3 is 0 Å². The molecule has 4 heteroatoms. The van der Waals surface area contributed by atoms with Crippen molar-refractivity contribution in [3.63, 3.8) is 0 Å². The number of rotatable bonds is 5. The van der Waals surface area contributed by atoms with Crippen molar-refractivity contribution in [2.45, 2.75) is 33.6 Å². The SMILES string of the molecule is CCNc1nc(Cc2ccncc2)nc(C)c1CC. The van der Waals surface area contributed by atoms with Crippen LogP contribution in [0.4, 0.5) is 5.82 Å². The third-order valence-corrected chi connectivity index (χ3v) is 3.07. The first-order valence-corrected chi connectivity index (χ1v) is 6.73. The molecule has 2 aromatic rings. The number of hydrogen-bond acceptors (Lipinski definition) is 4. The van der Waals surface area contributed by atoms with Crippen LogP contribution in [-0.2, 0) is 12.8 Å². The summed E-state index contributed by atoms with van der Waals surface area (Å²) in [5, 5.41) is 3.33. The van der Waals surface area contributed by atoms with Crippen LogP contribution in [0.15, 0.2) is 24.5 Å². The number of nitrogens with zero attached hydrogens (tertiary/aromatic N) is 3. The highest BCUT2D eigenvalue weighted by atomic mass is 15.0. The summed E-state index contributed by atoms with van der Waals surface area (Å²) in [6.07, 6.45) is 5.29. The van der Waals surface area contributed by atoms with Crippen LogP contribution in [0.1, 0.15) is 36.5 Å². The number of anilines is 1. The van der Waals surface area contributed by atoms with Gasteiger partial charge in [-0.05, 0) is 38.0 Å².